The molecule has 7 heteroatoms. The van der Waals surface area contributed by atoms with Crippen LogP contribution in [0.2, 0.25) is 0 Å². The molecule has 0 heterocycles. The molecule has 0 aliphatic rings. The van der Waals surface area contributed by atoms with E-state index in [1.54, 1.807) is 60.3 Å². The lowest BCUT2D eigenvalue weighted by molar-refractivity contribution is 0.0935. The molecule has 146 valence electrons. The molecule has 0 saturated heterocycles. The number of hydrogen-bond acceptors (Lipinski definition) is 4. The van der Waals surface area contributed by atoms with Crippen LogP contribution in [0.25, 0.3) is 0 Å². The molecule has 27 heavy (non-hydrogen) atoms. The number of carbonyl (C=O) groups excluding carboxylic acids is 1. The maximum atomic E-state index is 12.8. The fourth-order valence-electron chi connectivity index (χ4n) is 2.63. The van der Waals surface area contributed by atoms with E-state index in [1.807, 2.05) is 20.1 Å². The molecule has 5 nitrogen and oxygen atoms in total. The maximum absolute atomic E-state index is 12.8. The minimum Gasteiger partial charge on any atom is -0.349 e. The molecular formula is C20H26N2O3S2. The Morgan fingerprint density at radius 3 is 2.07 bits per heavy atom. The van der Waals surface area contributed by atoms with Crippen LogP contribution < -0.4 is 9.62 Å². The van der Waals surface area contributed by atoms with Crippen molar-refractivity contribution in [2.24, 2.45) is 0 Å². The van der Waals surface area contributed by atoms with E-state index < -0.39 is 10.0 Å². The van der Waals surface area contributed by atoms with E-state index in [2.05, 4.69) is 5.32 Å². The second-order valence-corrected chi connectivity index (χ2v) is 9.03. The summed E-state index contributed by atoms with van der Waals surface area (Å²) in [4.78, 5) is 13.5. The second-order valence-electron chi connectivity index (χ2n) is 6.18. The highest BCUT2D eigenvalue weighted by Crippen LogP contribution is 2.24. The molecule has 0 bridgehead atoms. The zero-order valence-corrected chi connectivity index (χ0v) is 17.7. The van der Waals surface area contributed by atoms with Crippen molar-refractivity contribution >= 4 is 33.4 Å². The van der Waals surface area contributed by atoms with Gasteiger partial charge in [0.25, 0.3) is 15.9 Å². The lowest BCUT2D eigenvalue weighted by Crippen LogP contribution is -2.33. The van der Waals surface area contributed by atoms with E-state index in [0.29, 0.717) is 11.3 Å². The minimum atomic E-state index is -3.65. The first-order chi connectivity index (χ1) is 12.8. The predicted octanol–water partition coefficient (Wildman–Crippen LogP) is 4.15. The van der Waals surface area contributed by atoms with Gasteiger partial charge in [-0.15, -0.1) is 11.8 Å². The number of carbonyl (C=O) groups is 1. The van der Waals surface area contributed by atoms with Crippen LogP contribution >= 0.6 is 11.8 Å². The van der Waals surface area contributed by atoms with Gasteiger partial charge in [0.15, 0.2) is 0 Å². The third kappa shape index (κ3) is 5.05. The van der Waals surface area contributed by atoms with Gasteiger partial charge in [-0.25, -0.2) is 8.42 Å². The number of anilines is 1. The van der Waals surface area contributed by atoms with Gasteiger partial charge in [0.1, 0.15) is 0 Å². The molecule has 0 fully saturated rings. The van der Waals surface area contributed by atoms with Gasteiger partial charge in [-0.2, -0.15) is 0 Å². The van der Waals surface area contributed by atoms with E-state index >= 15 is 0 Å². The van der Waals surface area contributed by atoms with Crippen molar-refractivity contribution in [3.63, 3.8) is 0 Å². The minimum absolute atomic E-state index is 0.143. The smallest absolute Gasteiger partial charge is 0.264 e. The van der Waals surface area contributed by atoms with E-state index in [-0.39, 0.29) is 16.8 Å². The van der Waals surface area contributed by atoms with Gasteiger partial charge in [-0.05, 0) is 67.6 Å². The van der Waals surface area contributed by atoms with E-state index in [9.17, 15) is 13.2 Å². The molecule has 1 amide bonds. The van der Waals surface area contributed by atoms with Gasteiger partial charge in [-0.3, -0.25) is 9.10 Å². The van der Waals surface area contributed by atoms with Crippen LogP contribution in [0, 0.1) is 0 Å². The summed E-state index contributed by atoms with van der Waals surface area (Å²) in [6.45, 7) is 4.06. The van der Waals surface area contributed by atoms with Crippen molar-refractivity contribution in [3.8, 4) is 0 Å². The first-order valence-corrected chi connectivity index (χ1v) is 11.5. The SMILES string of the molecule is CCC(CC)NC(=O)c1ccc(N(C)S(=O)(=O)c2ccc(SC)cc2)cc1. The first kappa shape index (κ1) is 21.3. The molecule has 2 aromatic carbocycles. The summed E-state index contributed by atoms with van der Waals surface area (Å²) in [7, 11) is -2.14. The number of benzene rings is 2. The van der Waals surface area contributed by atoms with E-state index in [1.165, 1.54) is 11.4 Å². The highest BCUT2D eigenvalue weighted by molar-refractivity contribution is 7.98. The van der Waals surface area contributed by atoms with Crippen LogP contribution in [0.3, 0.4) is 0 Å². The van der Waals surface area contributed by atoms with Gasteiger partial charge >= 0.3 is 0 Å². The number of rotatable bonds is 8. The molecule has 2 rings (SSSR count). The summed E-state index contributed by atoms with van der Waals surface area (Å²) in [6.07, 6.45) is 3.68. The number of sulfonamides is 1. The Kier molecular flexibility index (Phi) is 7.33. The summed E-state index contributed by atoms with van der Waals surface area (Å²) in [5.74, 6) is -0.145. The van der Waals surface area contributed by atoms with Crippen LogP contribution in [-0.2, 0) is 10.0 Å². The van der Waals surface area contributed by atoms with Crippen LogP contribution in [0.4, 0.5) is 5.69 Å². The van der Waals surface area contributed by atoms with Crippen LogP contribution in [0.15, 0.2) is 58.3 Å². The van der Waals surface area contributed by atoms with Crippen molar-refractivity contribution in [1.29, 1.82) is 0 Å². The lowest BCUT2D eigenvalue weighted by Gasteiger charge is -2.20. The molecule has 0 unspecified atom stereocenters. The molecule has 2 aromatic rings. The Hall–Kier alpha value is -1.99. The maximum Gasteiger partial charge on any atom is 0.264 e. The fourth-order valence-corrected chi connectivity index (χ4v) is 4.23. The van der Waals surface area contributed by atoms with Gasteiger partial charge < -0.3 is 5.32 Å². The normalized spacial score (nSPS) is 11.4. The van der Waals surface area contributed by atoms with Crippen molar-refractivity contribution in [3.05, 3.63) is 54.1 Å². The summed E-state index contributed by atoms with van der Waals surface area (Å²) in [5.41, 5.74) is 1.02. The third-order valence-electron chi connectivity index (χ3n) is 4.53. The Morgan fingerprint density at radius 1 is 1.04 bits per heavy atom. The van der Waals surface area contributed by atoms with Crippen LogP contribution in [-0.4, -0.2) is 33.7 Å². The first-order valence-electron chi connectivity index (χ1n) is 8.87. The van der Waals surface area contributed by atoms with Crippen LogP contribution in [0.5, 0.6) is 0 Å². The standard InChI is InChI=1S/C20H26N2O3S2/c1-5-16(6-2)21-20(23)15-7-9-17(10-8-15)22(3)27(24,25)19-13-11-18(26-4)12-14-19/h7-14,16H,5-6H2,1-4H3,(H,21,23). The lowest BCUT2D eigenvalue weighted by atomic mass is 10.1. The largest absolute Gasteiger partial charge is 0.349 e. The summed E-state index contributed by atoms with van der Waals surface area (Å²) in [6, 6.07) is 13.5. The average molecular weight is 407 g/mol. The van der Waals surface area contributed by atoms with Gasteiger partial charge in [-0.1, -0.05) is 13.8 Å². The van der Waals surface area contributed by atoms with Crippen molar-refractivity contribution in [2.45, 2.75) is 42.5 Å². The molecule has 0 atom stereocenters. The molecule has 0 aliphatic heterocycles. The predicted molar refractivity (Wildman–Crippen MR) is 112 cm³/mol. The van der Waals surface area contributed by atoms with Crippen LogP contribution in [0.1, 0.15) is 37.0 Å². The summed E-state index contributed by atoms with van der Waals surface area (Å²) < 4.78 is 26.9. The number of nitrogens with one attached hydrogen (secondary N) is 1. The zero-order valence-electron chi connectivity index (χ0n) is 16.1. The number of nitrogens with zero attached hydrogens (tertiary/aromatic N) is 1. The molecule has 0 spiro atoms. The monoisotopic (exact) mass is 406 g/mol. The van der Waals surface area contributed by atoms with Gasteiger partial charge in [0, 0.05) is 23.5 Å². The van der Waals surface area contributed by atoms with Crippen molar-refractivity contribution < 1.29 is 13.2 Å². The van der Waals surface area contributed by atoms with E-state index in [4.69, 9.17) is 0 Å². The molecular weight excluding hydrogens is 380 g/mol. The summed E-state index contributed by atoms with van der Waals surface area (Å²) >= 11 is 1.56. The average Bonchev–Trinajstić information content (AvgIpc) is 2.71. The fraction of sp³-hybridized carbons (Fsp3) is 0.350. The summed E-state index contributed by atoms with van der Waals surface area (Å²) in [5, 5.41) is 2.98. The molecule has 0 saturated carbocycles. The molecule has 0 radical (unpaired) electrons. The Morgan fingerprint density at radius 2 is 1.59 bits per heavy atom. The van der Waals surface area contributed by atoms with Gasteiger partial charge in [0.2, 0.25) is 0 Å². The highest BCUT2D eigenvalue weighted by Gasteiger charge is 2.21. The van der Waals surface area contributed by atoms with Crippen molar-refractivity contribution in [2.75, 3.05) is 17.6 Å². The third-order valence-corrected chi connectivity index (χ3v) is 7.08. The Balaban J connectivity index is 2.18. The zero-order chi connectivity index (χ0) is 20.0. The Bertz CT molecular complexity index is 859. The van der Waals surface area contributed by atoms with Crippen molar-refractivity contribution in [1.82, 2.24) is 5.32 Å². The molecule has 0 aromatic heterocycles. The topological polar surface area (TPSA) is 66.5 Å². The number of hydrogen-bond donors (Lipinski definition) is 1. The number of thioether (sulfide) groups is 1. The van der Waals surface area contributed by atoms with E-state index in [0.717, 1.165) is 17.7 Å². The second kappa shape index (κ2) is 9.28. The highest BCUT2D eigenvalue weighted by atomic mass is 32.2. The Labute approximate surface area is 166 Å². The molecule has 0 aliphatic carbocycles. The molecule has 1 N–H and O–H groups in total. The quantitative estimate of drug-likeness (QED) is 0.669. The number of amides is 1. The van der Waals surface area contributed by atoms with Gasteiger partial charge in [0.05, 0.1) is 10.6 Å².